The Kier molecular flexibility index (Phi) is 3.72. The first-order valence-corrected chi connectivity index (χ1v) is 5.07. The monoisotopic (exact) mass is 185 g/mol. The predicted molar refractivity (Wildman–Crippen MR) is 51.7 cm³/mol. The molecule has 1 rings (SSSR count). The molecule has 1 aliphatic rings. The number of nitrogens with zero attached hydrogens (tertiary/aromatic N) is 1. The van der Waals surface area contributed by atoms with Gasteiger partial charge in [-0.2, -0.15) is 0 Å². The molecule has 1 atom stereocenters. The van der Waals surface area contributed by atoms with Crippen molar-refractivity contribution < 1.29 is 9.90 Å². The lowest BCUT2D eigenvalue weighted by molar-refractivity contribution is -0.137. The van der Waals surface area contributed by atoms with Crippen LogP contribution in [0.15, 0.2) is 0 Å². The summed E-state index contributed by atoms with van der Waals surface area (Å²) in [5.41, 5.74) is 0. The van der Waals surface area contributed by atoms with Crippen molar-refractivity contribution in [2.75, 3.05) is 13.6 Å². The van der Waals surface area contributed by atoms with Crippen molar-refractivity contribution in [3.8, 4) is 0 Å². The van der Waals surface area contributed by atoms with Crippen molar-refractivity contribution in [3.05, 3.63) is 0 Å². The normalized spacial score (nSPS) is 19.0. The third kappa shape index (κ3) is 3.35. The molecule has 0 spiro atoms. The molecule has 13 heavy (non-hydrogen) atoms. The molecule has 0 aromatic carbocycles. The highest BCUT2D eigenvalue weighted by Gasteiger charge is 2.32. The van der Waals surface area contributed by atoms with Crippen LogP contribution in [-0.4, -0.2) is 35.6 Å². The van der Waals surface area contributed by atoms with E-state index in [9.17, 15) is 4.79 Å². The molecule has 0 amide bonds. The van der Waals surface area contributed by atoms with Gasteiger partial charge in [-0.25, -0.2) is 0 Å². The fourth-order valence-electron chi connectivity index (χ4n) is 1.92. The second-order valence-electron chi connectivity index (χ2n) is 3.94. The summed E-state index contributed by atoms with van der Waals surface area (Å²) >= 11 is 0. The molecular formula is C10H19NO2. The van der Waals surface area contributed by atoms with E-state index in [0.717, 1.165) is 12.3 Å². The second-order valence-corrected chi connectivity index (χ2v) is 3.94. The maximum Gasteiger partial charge on any atom is 0.304 e. The van der Waals surface area contributed by atoms with E-state index in [1.165, 1.54) is 12.8 Å². The minimum Gasteiger partial charge on any atom is -0.481 e. The van der Waals surface area contributed by atoms with E-state index in [2.05, 4.69) is 11.8 Å². The zero-order chi connectivity index (χ0) is 9.84. The van der Waals surface area contributed by atoms with Gasteiger partial charge in [0, 0.05) is 12.6 Å². The molecule has 76 valence electrons. The van der Waals surface area contributed by atoms with Gasteiger partial charge in [0.1, 0.15) is 0 Å². The summed E-state index contributed by atoms with van der Waals surface area (Å²) in [4.78, 5) is 12.6. The van der Waals surface area contributed by atoms with E-state index >= 15 is 0 Å². The number of carboxylic acid groups (broad SMARTS) is 1. The molecule has 0 bridgehead atoms. The standard InChI is InChI=1S/C10H19NO2/c1-3-9(8-4-5-8)11(2)7-6-10(12)13/h8-9H,3-7H2,1-2H3,(H,12,13). The zero-order valence-corrected chi connectivity index (χ0v) is 8.49. The molecule has 3 heteroatoms. The minimum atomic E-state index is -0.697. The highest BCUT2D eigenvalue weighted by atomic mass is 16.4. The van der Waals surface area contributed by atoms with Crippen LogP contribution in [-0.2, 0) is 4.79 Å². The summed E-state index contributed by atoms with van der Waals surface area (Å²) in [6.07, 6.45) is 4.06. The second kappa shape index (κ2) is 4.61. The summed E-state index contributed by atoms with van der Waals surface area (Å²) in [5, 5.41) is 8.54. The van der Waals surface area contributed by atoms with E-state index in [-0.39, 0.29) is 6.42 Å². The third-order valence-electron chi connectivity index (χ3n) is 2.83. The largest absolute Gasteiger partial charge is 0.481 e. The van der Waals surface area contributed by atoms with Gasteiger partial charge in [-0.15, -0.1) is 0 Å². The Morgan fingerprint density at radius 1 is 1.62 bits per heavy atom. The number of rotatable bonds is 6. The SMILES string of the molecule is CCC(C1CC1)N(C)CCC(=O)O. The Balaban J connectivity index is 2.26. The molecule has 1 saturated carbocycles. The summed E-state index contributed by atoms with van der Waals surface area (Å²) in [6, 6.07) is 0.611. The Labute approximate surface area is 79.7 Å². The molecule has 1 N–H and O–H groups in total. The van der Waals surface area contributed by atoms with Crippen LogP contribution in [0.2, 0.25) is 0 Å². The van der Waals surface area contributed by atoms with E-state index in [0.29, 0.717) is 12.6 Å². The van der Waals surface area contributed by atoms with Crippen molar-refractivity contribution in [1.82, 2.24) is 4.90 Å². The number of carbonyl (C=O) groups is 1. The first-order chi connectivity index (χ1) is 6.15. The first-order valence-electron chi connectivity index (χ1n) is 5.07. The van der Waals surface area contributed by atoms with Gasteiger partial charge in [0.15, 0.2) is 0 Å². The number of hydrogen-bond donors (Lipinski definition) is 1. The molecule has 1 unspecified atom stereocenters. The predicted octanol–water partition coefficient (Wildman–Crippen LogP) is 1.58. The Morgan fingerprint density at radius 2 is 2.23 bits per heavy atom. The average molecular weight is 185 g/mol. The lowest BCUT2D eigenvalue weighted by Gasteiger charge is -2.26. The Bertz CT molecular complexity index is 178. The molecule has 0 aromatic heterocycles. The summed E-state index contributed by atoms with van der Waals surface area (Å²) in [6.45, 7) is 2.87. The maximum atomic E-state index is 10.4. The van der Waals surface area contributed by atoms with Gasteiger partial charge >= 0.3 is 5.97 Å². The van der Waals surface area contributed by atoms with Gasteiger partial charge in [0.05, 0.1) is 6.42 Å². The quantitative estimate of drug-likeness (QED) is 0.683. The fourth-order valence-corrected chi connectivity index (χ4v) is 1.92. The van der Waals surface area contributed by atoms with E-state index in [4.69, 9.17) is 5.11 Å². The van der Waals surface area contributed by atoms with Crippen molar-refractivity contribution >= 4 is 5.97 Å². The number of hydrogen-bond acceptors (Lipinski definition) is 2. The lowest BCUT2D eigenvalue weighted by atomic mass is 10.1. The molecule has 1 fully saturated rings. The summed E-state index contributed by atoms with van der Waals surface area (Å²) in [5.74, 6) is 0.140. The van der Waals surface area contributed by atoms with Crippen LogP contribution in [0.1, 0.15) is 32.6 Å². The Morgan fingerprint density at radius 3 is 2.62 bits per heavy atom. The van der Waals surface area contributed by atoms with Crippen LogP contribution in [0.4, 0.5) is 0 Å². The molecule has 0 heterocycles. The highest BCUT2D eigenvalue weighted by Crippen LogP contribution is 2.36. The van der Waals surface area contributed by atoms with E-state index < -0.39 is 5.97 Å². The van der Waals surface area contributed by atoms with Gasteiger partial charge in [0.25, 0.3) is 0 Å². The van der Waals surface area contributed by atoms with Crippen LogP contribution in [0.5, 0.6) is 0 Å². The van der Waals surface area contributed by atoms with Crippen molar-refractivity contribution in [1.29, 1.82) is 0 Å². The molecule has 3 nitrogen and oxygen atoms in total. The van der Waals surface area contributed by atoms with Crippen LogP contribution >= 0.6 is 0 Å². The third-order valence-corrected chi connectivity index (χ3v) is 2.83. The highest BCUT2D eigenvalue weighted by molar-refractivity contribution is 5.66. The molecule has 0 aromatic rings. The number of aliphatic carboxylic acids is 1. The van der Waals surface area contributed by atoms with E-state index in [1.54, 1.807) is 0 Å². The van der Waals surface area contributed by atoms with Crippen molar-refractivity contribution in [3.63, 3.8) is 0 Å². The minimum absolute atomic E-state index is 0.264. The molecule has 1 aliphatic carbocycles. The molecule has 0 radical (unpaired) electrons. The zero-order valence-electron chi connectivity index (χ0n) is 8.49. The van der Waals surface area contributed by atoms with Gasteiger partial charge in [-0.05, 0) is 32.2 Å². The van der Waals surface area contributed by atoms with Gasteiger partial charge in [-0.3, -0.25) is 4.79 Å². The Hall–Kier alpha value is -0.570. The van der Waals surface area contributed by atoms with Crippen molar-refractivity contribution in [2.24, 2.45) is 5.92 Å². The molecule has 0 aliphatic heterocycles. The van der Waals surface area contributed by atoms with Gasteiger partial charge in [-0.1, -0.05) is 6.92 Å². The van der Waals surface area contributed by atoms with Gasteiger partial charge < -0.3 is 10.0 Å². The van der Waals surface area contributed by atoms with Crippen molar-refractivity contribution in [2.45, 2.75) is 38.6 Å². The smallest absolute Gasteiger partial charge is 0.304 e. The fraction of sp³-hybridized carbons (Fsp3) is 0.900. The van der Waals surface area contributed by atoms with E-state index in [1.807, 2.05) is 7.05 Å². The van der Waals surface area contributed by atoms with Crippen LogP contribution in [0.3, 0.4) is 0 Å². The first kappa shape index (κ1) is 10.5. The molecular weight excluding hydrogens is 166 g/mol. The van der Waals surface area contributed by atoms with Crippen LogP contribution in [0.25, 0.3) is 0 Å². The summed E-state index contributed by atoms with van der Waals surface area (Å²) < 4.78 is 0. The lowest BCUT2D eigenvalue weighted by Crippen LogP contribution is -2.34. The van der Waals surface area contributed by atoms with Crippen LogP contribution < -0.4 is 0 Å². The summed E-state index contributed by atoms with van der Waals surface area (Å²) in [7, 11) is 2.04. The van der Waals surface area contributed by atoms with Gasteiger partial charge in [0.2, 0.25) is 0 Å². The van der Waals surface area contributed by atoms with Crippen LogP contribution in [0, 0.1) is 5.92 Å². The topological polar surface area (TPSA) is 40.5 Å². The maximum absolute atomic E-state index is 10.4. The average Bonchev–Trinajstić information content (AvgIpc) is 2.86. The molecule has 0 saturated heterocycles. The number of carboxylic acids is 1.